The van der Waals surface area contributed by atoms with Crippen molar-refractivity contribution in [2.24, 2.45) is 11.0 Å². The van der Waals surface area contributed by atoms with Crippen molar-refractivity contribution >= 4 is 11.6 Å². The lowest BCUT2D eigenvalue weighted by molar-refractivity contribution is -0.134. The fourth-order valence-corrected chi connectivity index (χ4v) is 4.40. The Hall–Kier alpha value is -2.53. The number of halogens is 1. The topological polar surface area (TPSA) is 35.9 Å². The summed E-state index contributed by atoms with van der Waals surface area (Å²) in [6, 6.07) is 12.6. The number of likely N-dealkylation sites (tertiary alicyclic amines) is 1. The summed E-state index contributed by atoms with van der Waals surface area (Å²) < 4.78 is 13.4. The highest BCUT2D eigenvalue weighted by Crippen LogP contribution is 2.35. The molecule has 2 heterocycles. The Bertz CT molecular complexity index is 945. The zero-order valence-electron chi connectivity index (χ0n) is 18.1. The molecule has 2 aliphatic rings. The quantitative estimate of drug-likeness (QED) is 0.726. The third kappa shape index (κ3) is 4.46. The third-order valence-electron chi connectivity index (χ3n) is 6.37. The summed E-state index contributed by atoms with van der Waals surface area (Å²) >= 11 is 0. The van der Waals surface area contributed by atoms with Crippen LogP contribution in [0.2, 0.25) is 0 Å². The van der Waals surface area contributed by atoms with E-state index in [2.05, 4.69) is 43.9 Å². The van der Waals surface area contributed by atoms with Crippen LogP contribution in [0.5, 0.6) is 0 Å². The molecule has 0 aromatic heterocycles. The second-order valence-electron chi connectivity index (χ2n) is 8.83. The SMILES string of the molecule is Cc1ccc(C)c(C2CC(c3ccc(F)cc3)=NN2C(=O)CN2CCC(C)CC2)c1. The van der Waals surface area contributed by atoms with Crippen LogP contribution in [0.1, 0.15) is 54.5 Å². The van der Waals surface area contributed by atoms with Crippen LogP contribution in [0.25, 0.3) is 0 Å². The molecular formula is C25H30FN3O. The number of benzene rings is 2. The van der Waals surface area contributed by atoms with E-state index in [4.69, 9.17) is 5.10 Å². The maximum absolute atomic E-state index is 13.4. The molecule has 1 amide bonds. The van der Waals surface area contributed by atoms with Crippen molar-refractivity contribution < 1.29 is 9.18 Å². The smallest absolute Gasteiger partial charge is 0.257 e. The molecule has 0 N–H and O–H groups in total. The third-order valence-corrected chi connectivity index (χ3v) is 6.37. The summed E-state index contributed by atoms with van der Waals surface area (Å²) in [5.41, 5.74) is 5.17. The number of carbonyl (C=O) groups excluding carboxylic acids is 1. The molecule has 158 valence electrons. The van der Waals surface area contributed by atoms with Gasteiger partial charge < -0.3 is 0 Å². The maximum atomic E-state index is 13.4. The van der Waals surface area contributed by atoms with Gasteiger partial charge in [-0.05, 0) is 74.5 Å². The minimum atomic E-state index is -0.268. The molecule has 5 heteroatoms. The first-order valence-electron chi connectivity index (χ1n) is 10.9. The molecule has 0 spiro atoms. The highest BCUT2D eigenvalue weighted by Gasteiger charge is 2.34. The van der Waals surface area contributed by atoms with Crippen LogP contribution < -0.4 is 0 Å². The lowest BCUT2D eigenvalue weighted by Crippen LogP contribution is -2.41. The van der Waals surface area contributed by atoms with E-state index < -0.39 is 0 Å². The van der Waals surface area contributed by atoms with Crippen molar-refractivity contribution in [3.05, 3.63) is 70.5 Å². The second-order valence-corrected chi connectivity index (χ2v) is 8.83. The summed E-state index contributed by atoms with van der Waals surface area (Å²) in [5.74, 6) is 0.497. The molecule has 4 rings (SSSR count). The minimum Gasteiger partial charge on any atom is -0.294 e. The van der Waals surface area contributed by atoms with Crippen LogP contribution in [0.3, 0.4) is 0 Å². The maximum Gasteiger partial charge on any atom is 0.257 e. The summed E-state index contributed by atoms with van der Waals surface area (Å²) in [6.07, 6.45) is 2.91. The number of hydrogen-bond acceptors (Lipinski definition) is 3. The molecule has 0 bridgehead atoms. The highest BCUT2D eigenvalue weighted by molar-refractivity contribution is 6.03. The van der Waals surface area contributed by atoms with Crippen molar-refractivity contribution in [3.8, 4) is 0 Å². The first-order chi connectivity index (χ1) is 14.4. The second kappa shape index (κ2) is 8.68. The van der Waals surface area contributed by atoms with Crippen molar-refractivity contribution in [1.82, 2.24) is 9.91 Å². The molecule has 1 saturated heterocycles. The summed E-state index contributed by atoms with van der Waals surface area (Å²) in [4.78, 5) is 15.6. The molecule has 0 radical (unpaired) electrons. The van der Waals surface area contributed by atoms with E-state index in [0.29, 0.717) is 13.0 Å². The summed E-state index contributed by atoms with van der Waals surface area (Å²) in [6.45, 7) is 8.75. The van der Waals surface area contributed by atoms with Gasteiger partial charge in [0.25, 0.3) is 5.91 Å². The minimum absolute atomic E-state index is 0.0348. The van der Waals surface area contributed by atoms with E-state index in [1.54, 1.807) is 17.1 Å². The molecular weight excluding hydrogens is 377 g/mol. The summed E-state index contributed by atoms with van der Waals surface area (Å²) in [5, 5.41) is 6.43. The van der Waals surface area contributed by atoms with Gasteiger partial charge in [-0.2, -0.15) is 5.10 Å². The molecule has 1 atom stereocenters. The monoisotopic (exact) mass is 407 g/mol. The average molecular weight is 408 g/mol. The van der Waals surface area contributed by atoms with Gasteiger partial charge in [-0.3, -0.25) is 9.69 Å². The molecule has 2 aromatic rings. The van der Waals surface area contributed by atoms with Crippen LogP contribution in [-0.4, -0.2) is 41.2 Å². The molecule has 2 aliphatic heterocycles. The van der Waals surface area contributed by atoms with E-state index in [0.717, 1.165) is 54.3 Å². The Morgan fingerprint density at radius 3 is 2.50 bits per heavy atom. The molecule has 4 nitrogen and oxygen atoms in total. The van der Waals surface area contributed by atoms with E-state index in [1.165, 1.54) is 17.7 Å². The van der Waals surface area contributed by atoms with Gasteiger partial charge in [0.1, 0.15) is 5.82 Å². The molecule has 0 saturated carbocycles. The van der Waals surface area contributed by atoms with E-state index in [9.17, 15) is 9.18 Å². The Morgan fingerprint density at radius 1 is 1.10 bits per heavy atom. The van der Waals surface area contributed by atoms with Crippen LogP contribution >= 0.6 is 0 Å². The van der Waals surface area contributed by atoms with E-state index >= 15 is 0 Å². The largest absolute Gasteiger partial charge is 0.294 e. The lowest BCUT2D eigenvalue weighted by atomic mass is 9.94. The summed E-state index contributed by atoms with van der Waals surface area (Å²) in [7, 11) is 0. The van der Waals surface area contributed by atoms with Crippen molar-refractivity contribution in [2.45, 2.75) is 46.1 Å². The number of aryl methyl sites for hydroxylation is 2. The van der Waals surface area contributed by atoms with Crippen molar-refractivity contribution in [3.63, 3.8) is 0 Å². The van der Waals surface area contributed by atoms with Crippen molar-refractivity contribution in [1.29, 1.82) is 0 Å². The molecule has 1 unspecified atom stereocenters. The van der Waals surface area contributed by atoms with Gasteiger partial charge in [0.15, 0.2) is 0 Å². The fourth-order valence-electron chi connectivity index (χ4n) is 4.40. The van der Waals surface area contributed by atoms with Gasteiger partial charge in [-0.1, -0.05) is 42.8 Å². The highest BCUT2D eigenvalue weighted by atomic mass is 19.1. The normalized spacial score (nSPS) is 20.5. The predicted octanol–water partition coefficient (Wildman–Crippen LogP) is 4.85. The number of hydrogen-bond donors (Lipinski definition) is 0. The van der Waals surface area contributed by atoms with Crippen LogP contribution in [0, 0.1) is 25.6 Å². The van der Waals surface area contributed by atoms with Crippen LogP contribution in [0.15, 0.2) is 47.6 Å². The lowest BCUT2D eigenvalue weighted by Gasteiger charge is -2.31. The molecule has 1 fully saturated rings. The average Bonchev–Trinajstić information content (AvgIpc) is 3.17. The zero-order valence-corrected chi connectivity index (χ0v) is 18.1. The molecule has 0 aliphatic carbocycles. The van der Waals surface area contributed by atoms with Gasteiger partial charge >= 0.3 is 0 Å². The number of carbonyl (C=O) groups is 1. The Labute approximate surface area is 178 Å². The Morgan fingerprint density at radius 2 is 1.80 bits per heavy atom. The van der Waals surface area contributed by atoms with Crippen LogP contribution in [-0.2, 0) is 4.79 Å². The van der Waals surface area contributed by atoms with Gasteiger partial charge in [-0.25, -0.2) is 9.40 Å². The first-order valence-corrected chi connectivity index (χ1v) is 10.9. The number of rotatable bonds is 4. The Kier molecular flexibility index (Phi) is 6.00. The standard InChI is InChI=1S/C25H30FN3O/c1-17-10-12-28(13-11-17)16-25(30)29-24(22-14-18(2)4-5-19(22)3)15-23(27-29)20-6-8-21(26)9-7-20/h4-9,14,17,24H,10-13,15-16H2,1-3H3. The molecule has 2 aromatic carbocycles. The van der Waals surface area contributed by atoms with Gasteiger partial charge in [0.2, 0.25) is 0 Å². The number of amides is 1. The van der Waals surface area contributed by atoms with Gasteiger partial charge in [0, 0.05) is 6.42 Å². The predicted molar refractivity (Wildman–Crippen MR) is 118 cm³/mol. The zero-order chi connectivity index (χ0) is 21.3. The molecule has 30 heavy (non-hydrogen) atoms. The van der Waals surface area contributed by atoms with Gasteiger partial charge in [0.05, 0.1) is 18.3 Å². The van der Waals surface area contributed by atoms with E-state index in [1.807, 2.05) is 0 Å². The number of hydrazone groups is 1. The number of nitrogens with zero attached hydrogens (tertiary/aromatic N) is 3. The number of piperidine rings is 1. The van der Waals surface area contributed by atoms with Gasteiger partial charge in [-0.15, -0.1) is 0 Å². The Balaban J connectivity index is 1.62. The van der Waals surface area contributed by atoms with E-state index in [-0.39, 0.29) is 17.8 Å². The first kappa shape index (κ1) is 20.7. The van der Waals surface area contributed by atoms with Crippen molar-refractivity contribution in [2.75, 3.05) is 19.6 Å². The fraction of sp³-hybridized carbons (Fsp3) is 0.440. The van der Waals surface area contributed by atoms with Crippen LogP contribution in [0.4, 0.5) is 4.39 Å².